The van der Waals surface area contributed by atoms with Crippen LogP contribution in [0.25, 0.3) is 0 Å². The van der Waals surface area contributed by atoms with E-state index in [0.29, 0.717) is 41.3 Å². The van der Waals surface area contributed by atoms with Crippen molar-refractivity contribution in [1.82, 2.24) is 9.55 Å². The fourth-order valence-electron chi connectivity index (χ4n) is 5.40. The van der Waals surface area contributed by atoms with Gasteiger partial charge in [-0.1, -0.05) is 50.2 Å². The molecule has 3 heterocycles. The number of hydrogen-bond acceptors (Lipinski definition) is 6. The van der Waals surface area contributed by atoms with Crippen LogP contribution in [-0.2, 0) is 11.3 Å². The quantitative estimate of drug-likeness (QED) is 0.606. The summed E-state index contributed by atoms with van der Waals surface area (Å²) in [5, 5.41) is 3.35. The predicted octanol–water partition coefficient (Wildman–Crippen LogP) is 3.51. The monoisotopic (exact) mass is 471 g/mol. The van der Waals surface area contributed by atoms with Crippen LogP contribution in [0, 0.1) is 5.41 Å². The summed E-state index contributed by atoms with van der Waals surface area (Å²) in [5.74, 6) is 0.982. The Morgan fingerprint density at radius 1 is 1.00 bits per heavy atom. The van der Waals surface area contributed by atoms with E-state index in [1.54, 1.807) is 10.6 Å². The zero-order valence-electron chi connectivity index (χ0n) is 19.5. The zero-order chi connectivity index (χ0) is 24.3. The van der Waals surface area contributed by atoms with E-state index in [-0.39, 0.29) is 24.5 Å². The number of allylic oxidation sites excluding steroid dienone is 2. The first-order valence-electron chi connectivity index (χ1n) is 11.6. The van der Waals surface area contributed by atoms with E-state index < -0.39 is 17.2 Å². The van der Waals surface area contributed by atoms with Crippen molar-refractivity contribution in [3.8, 4) is 11.5 Å². The van der Waals surface area contributed by atoms with Crippen LogP contribution < -0.4 is 26.0 Å². The number of Topliss-reactive ketones (excluding diaryl/α,β-unsaturated/α-hetero) is 1. The van der Waals surface area contributed by atoms with E-state index in [2.05, 4.69) is 24.1 Å². The molecule has 2 N–H and O–H groups in total. The van der Waals surface area contributed by atoms with Gasteiger partial charge in [0, 0.05) is 23.6 Å². The van der Waals surface area contributed by atoms with Gasteiger partial charge < -0.3 is 14.8 Å². The Balaban J connectivity index is 1.60. The highest BCUT2D eigenvalue weighted by molar-refractivity contribution is 6.01. The number of anilines is 1. The van der Waals surface area contributed by atoms with Crippen molar-refractivity contribution in [2.75, 3.05) is 12.1 Å². The van der Waals surface area contributed by atoms with Crippen LogP contribution in [0.3, 0.4) is 0 Å². The highest BCUT2D eigenvalue weighted by Crippen LogP contribution is 2.49. The molecule has 8 nitrogen and oxygen atoms in total. The summed E-state index contributed by atoms with van der Waals surface area (Å²) in [6, 6.07) is 15.1. The number of ether oxygens (including phenoxy) is 2. The lowest BCUT2D eigenvalue weighted by Crippen LogP contribution is -2.42. The average molecular weight is 472 g/mol. The smallest absolute Gasteiger partial charge is 0.330 e. The first-order valence-corrected chi connectivity index (χ1v) is 11.6. The molecule has 8 heteroatoms. The number of carbonyl (C=O) groups is 1. The number of hydrogen-bond donors (Lipinski definition) is 2. The van der Waals surface area contributed by atoms with Crippen LogP contribution in [0.5, 0.6) is 11.5 Å². The number of aromatic amines is 1. The highest BCUT2D eigenvalue weighted by atomic mass is 16.7. The van der Waals surface area contributed by atoms with Crippen molar-refractivity contribution in [3.05, 3.63) is 97.3 Å². The lowest BCUT2D eigenvalue weighted by Gasteiger charge is -2.39. The van der Waals surface area contributed by atoms with Gasteiger partial charge in [0.2, 0.25) is 6.79 Å². The molecule has 2 aromatic carbocycles. The molecule has 0 unspecified atom stereocenters. The lowest BCUT2D eigenvalue weighted by atomic mass is 9.69. The second-order valence-corrected chi connectivity index (χ2v) is 10.1. The van der Waals surface area contributed by atoms with Gasteiger partial charge in [0.15, 0.2) is 17.3 Å². The Bertz CT molecular complexity index is 1510. The summed E-state index contributed by atoms with van der Waals surface area (Å²) in [7, 11) is 0. The Labute approximate surface area is 201 Å². The van der Waals surface area contributed by atoms with Crippen LogP contribution in [0.2, 0.25) is 0 Å². The van der Waals surface area contributed by atoms with Crippen molar-refractivity contribution < 1.29 is 14.3 Å². The minimum Gasteiger partial charge on any atom is -0.454 e. The molecule has 3 aliphatic rings. The van der Waals surface area contributed by atoms with Gasteiger partial charge in [0.05, 0.1) is 12.1 Å². The molecule has 178 valence electrons. The number of fused-ring (bicyclic) bond motifs is 2. The molecule has 1 aromatic heterocycles. The third-order valence-corrected chi connectivity index (χ3v) is 6.92. The van der Waals surface area contributed by atoms with Crippen LogP contribution in [0.4, 0.5) is 5.82 Å². The molecule has 6 rings (SSSR count). The third kappa shape index (κ3) is 3.56. The van der Waals surface area contributed by atoms with E-state index >= 15 is 0 Å². The maximum absolute atomic E-state index is 13.5. The molecule has 0 radical (unpaired) electrons. The molecule has 1 aliphatic carbocycles. The number of nitrogens with zero attached hydrogens (tertiary/aromatic N) is 1. The second-order valence-electron chi connectivity index (χ2n) is 10.1. The van der Waals surface area contributed by atoms with Crippen molar-refractivity contribution in [2.24, 2.45) is 5.41 Å². The standard InChI is InChI=1S/C27H25N3O5/c1-27(2)11-17-22(18(31)12-27)21(16-8-9-19-20(10-16)35-14-34-19)23-24(28-17)30(26(33)29-25(23)32)13-15-6-4-3-5-7-15/h3-10,21,28H,11-14H2,1-2H3,(H,29,32,33)/t21-/m0/s1. The van der Waals surface area contributed by atoms with Crippen LogP contribution in [0.1, 0.15) is 49.3 Å². The minimum atomic E-state index is -0.634. The number of benzene rings is 2. The number of carbonyl (C=O) groups excluding carboxylic acids is 1. The van der Waals surface area contributed by atoms with Crippen molar-refractivity contribution in [1.29, 1.82) is 0 Å². The molecule has 35 heavy (non-hydrogen) atoms. The topological polar surface area (TPSA) is 102 Å². The van der Waals surface area contributed by atoms with Gasteiger partial charge in [-0.25, -0.2) is 4.79 Å². The van der Waals surface area contributed by atoms with Gasteiger partial charge in [-0.15, -0.1) is 0 Å². The number of rotatable bonds is 3. The van der Waals surface area contributed by atoms with E-state index in [9.17, 15) is 14.4 Å². The summed E-state index contributed by atoms with van der Waals surface area (Å²) in [5.41, 5.74) is 2.10. The van der Waals surface area contributed by atoms with Crippen molar-refractivity contribution in [2.45, 2.75) is 39.2 Å². The summed E-state index contributed by atoms with van der Waals surface area (Å²) >= 11 is 0. The molecular weight excluding hydrogens is 446 g/mol. The summed E-state index contributed by atoms with van der Waals surface area (Å²) in [4.78, 5) is 42.3. The molecule has 0 spiro atoms. The fourth-order valence-corrected chi connectivity index (χ4v) is 5.40. The first-order chi connectivity index (χ1) is 16.8. The largest absolute Gasteiger partial charge is 0.454 e. The molecular formula is C27H25N3O5. The molecule has 0 saturated carbocycles. The Morgan fingerprint density at radius 3 is 2.57 bits per heavy atom. The predicted molar refractivity (Wildman–Crippen MR) is 130 cm³/mol. The molecule has 0 bridgehead atoms. The van der Waals surface area contributed by atoms with Gasteiger partial charge in [-0.05, 0) is 35.1 Å². The number of aromatic nitrogens is 2. The minimum absolute atomic E-state index is 0.00252. The Kier molecular flexibility index (Phi) is 4.74. The molecule has 1 atom stereocenters. The maximum atomic E-state index is 13.5. The van der Waals surface area contributed by atoms with Crippen molar-refractivity contribution >= 4 is 11.6 Å². The Morgan fingerprint density at radius 2 is 1.77 bits per heavy atom. The molecule has 0 saturated heterocycles. The first kappa shape index (κ1) is 21.5. The summed E-state index contributed by atoms with van der Waals surface area (Å²) in [6.07, 6.45) is 1.01. The number of H-pyrrole nitrogens is 1. The average Bonchev–Trinajstić information content (AvgIpc) is 3.28. The number of ketones is 1. The van der Waals surface area contributed by atoms with Gasteiger partial charge in [-0.2, -0.15) is 0 Å². The third-order valence-electron chi connectivity index (χ3n) is 6.92. The van der Waals surface area contributed by atoms with Crippen LogP contribution in [-0.4, -0.2) is 22.1 Å². The normalized spacial score (nSPS) is 19.7. The number of nitrogens with one attached hydrogen (secondary N) is 2. The van der Waals surface area contributed by atoms with Gasteiger partial charge in [-0.3, -0.25) is 19.1 Å². The van der Waals surface area contributed by atoms with Gasteiger partial charge in [0.1, 0.15) is 5.82 Å². The fraction of sp³-hybridized carbons (Fsp3) is 0.296. The van der Waals surface area contributed by atoms with E-state index in [1.165, 1.54) is 0 Å². The van der Waals surface area contributed by atoms with Crippen molar-refractivity contribution in [3.63, 3.8) is 0 Å². The van der Waals surface area contributed by atoms with Gasteiger partial charge in [0.25, 0.3) is 5.56 Å². The summed E-state index contributed by atoms with van der Waals surface area (Å²) < 4.78 is 12.6. The maximum Gasteiger partial charge on any atom is 0.330 e. The second kappa shape index (κ2) is 7.73. The molecule has 2 aliphatic heterocycles. The van der Waals surface area contributed by atoms with E-state index in [0.717, 1.165) is 16.8 Å². The van der Waals surface area contributed by atoms with Gasteiger partial charge >= 0.3 is 5.69 Å². The molecule has 0 fully saturated rings. The van der Waals surface area contributed by atoms with Crippen LogP contribution in [0.15, 0.2) is 69.4 Å². The van der Waals surface area contributed by atoms with E-state index in [1.807, 2.05) is 42.5 Å². The lowest BCUT2D eigenvalue weighted by molar-refractivity contribution is -0.118. The Hall–Kier alpha value is -4.07. The molecule has 0 amide bonds. The highest BCUT2D eigenvalue weighted by Gasteiger charge is 2.43. The SMILES string of the molecule is CC1(C)CC(=O)C2=C(C1)Nc1c(c(=O)[nH]c(=O)n1Cc1ccccc1)[C@H]2c1ccc2c(c1)OCO2. The van der Waals surface area contributed by atoms with Crippen LogP contribution >= 0.6 is 0 Å². The van der Waals surface area contributed by atoms with E-state index in [4.69, 9.17) is 9.47 Å². The summed E-state index contributed by atoms with van der Waals surface area (Å²) in [6.45, 7) is 4.51. The molecule has 3 aromatic rings. The zero-order valence-corrected chi connectivity index (χ0v) is 19.5.